The summed E-state index contributed by atoms with van der Waals surface area (Å²) in [6.45, 7) is 8.33. The zero-order chi connectivity index (χ0) is 16.7. The van der Waals surface area contributed by atoms with E-state index in [4.69, 9.17) is 5.11 Å². The number of hydrogen-bond donors (Lipinski definition) is 2. The number of hydrogen-bond acceptors (Lipinski definition) is 4. The molecule has 1 aromatic heterocycles. The van der Waals surface area contributed by atoms with Crippen LogP contribution in [0.25, 0.3) is 0 Å². The Labute approximate surface area is 129 Å². The summed E-state index contributed by atoms with van der Waals surface area (Å²) in [5, 5.41) is 23.2. The van der Waals surface area contributed by atoms with E-state index in [1.165, 1.54) is 0 Å². The molecule has 1 saturated heterocycles. The van der Waals surface area contributed by atoms with E-state index in [2.05, 4.69) is 5.10 Å². The van der Waals surface area contributed by atoms with Gasteiger partial charge in [0.15, 0.2) is 5.60 Å². The third-order valence-corrected chi connectivity index (χ3v) is 4.15. The standard InChI is InChI=1S/C15H23N3O4/c1-10-11(9-16-18(10)14(2,3)4)12(19)17-7-5-15(22,6-8-17)13(20)21/h9,22H,5-8H2,1-4H3,(H,20,21). The van der Waals surface area contributed by atoms with Crippen LogP contribution in [0.3, 0.4) is 0 Å². The van der Waals surface area contributed by atoms with Gasteiger partial charge >= 0.3 is 5.97 Å². The molecule has 1 amide bonds. The van der Waals surface area contributed by atoms with Crippen LogP contribution < -0.4 is 0 Å². The van der Waals surface area contributed by atoms with Crippen molar-refractivity contribution in [2.24, 2.45) is 0 Å². The SMILES string of the molecule is Cc1c(C(=O)N2CCC(O)(C(=O)O)CC2)cnn1C(C)(C)C. The molecule has 0 spiro atoms. The van der Waals surface area contributed by atoms with Gasteiger partial charge in [0.25, 0.3) is 5.91 Å². The number of carbonyl (C=O) groups is 2. The number of amides is 1. The van der Waals surface area contributed by atoms with Gasteiger partial charge in [-0.3, -0.25) is 9.48 Å². The normalized spacial score (nSPS) is 18.3. The minimum absolute atomic E-state index is 0.0422. The molecule has 0 unspecified atom stereocenters. The van der Waals surface area contributed by atoms with Crippen LogP contribution in [0.5, 0.6) is 0 Å². The van der Waals surface area contributed by atoms with Crippen LogP contribution in [0.4, 0.5) is 0 Å². The highest BCUT2D eigenvalue weighted by Crippen LogP contribution is 2.25. The van der Waals surface area contributed by atoms with Gasteiger partial charge in [-0.2, -0.15) is 5.10 Å². The number of aliphatic carboxylic acids is 1. The molecule has 0 radical (unpaired) electrons. The summed E-state index contributed by atoms with van der Waals surface area (Å²) >= 11 is 0. The van der Waals surface area contributed by atoms with Crippen LogP contribution >= 0.6 is 0 Å². The largest absolute Gasteiger partial charge is 0.479 e. The fourth-order valence-electron chi connectivity index (χ4n) is 2.76. The molecule has 2 heterocycles. The smallest absolute Gasteiger partial charge is 0.335 e. The first-order valence-corrected chi connectivity index (χ1v) is 7.36. The van der Waals surface area contributed by atoms with E-state index in [0.717, 1.165) is 5.69 Å². The second-order valence-electron chi connectivity index (χ2n) is 6.86. The maximum absolute atomic E-state index is 12.6. The van der Waals surface area contributed by atoms with Crippen molar-refractivity contribution >= 4 is 11.9 Å². The van der Waals surface area contributed by atoms with E-state index < -0.39 is 11.6 Å². The number of carboxylic acids is 1. The molecule has 0 saturated carbocycles. The van der Waals surface area contributed by atoms with E-state index in [-0.39, 0.29) is 37.4 Å². The molecular weight excluding hydrogens is 286 g/mol. The van der Waals surface area contributed by atoms with Gasteiger partial charge in [0.05, 0.1) is 17.3 Å². The fourth-order valence-corrected chi connectivity index (χ4v) is 2.76. The molecule has 1 aliphatic rings. The van der Waals surface area contributed by atoms with E-state index in [1.54, 1.807) is 15.8 Å². The number of carbonyl (C=O) groups excluding carboxylic acids is 1. The number of aliphatic hydroxyl groups is 1. The Morgan fingerprint density at radius 2 is 1.82 bits per heavy atom. The molecule has 1 aliphatic heterocycles. The second-order valence-corrected chi connectivity index (χ2v) is 6.86. The lowest BCUT2D eigenvalue weighted by molar-refractivity contribution is -0.162. The third kappa shape index (κ3) is 2.85. The maximum Gasteiger partial charge on any atom is 0.335 e. The van der Waals surface area contributed by atoms with E-state index in [0.29, 0.717) is 5.56 Å². The van der Waals surface area contributed by atoms with Crippen molar-refractivity contribution in [2.75, 3.05) is 13.1 Å². The average Bonchev–Trinajstić information content (AvgIpc) is 2.80. The van der Waals surface area contributed by atoms with Crippen molar-refractivity contribution in [1.82, 2.24) is 14.7 Å². The Kier molecular flexibility index (Phi) is 4.04. The third-order valence-electron chi connectivity index (χ3n) is 4.15. The monoisotopic (exact) mass is 309 g/mol. The first-order chi connectivity index (χ1) is 10.1. The zero-order valence-electron chi connectivity index (χ0n) is 13.5. The molecule has 0 atom stereocenters. The Morgan fingerprint density at radius 3 is 2.23 bits per heavy atom. The minimum atomic E-state index is -1.72. The summed E-state index contributed by atoms with van der Waals surface area (Å²) in [5.41, 5.74) is -0.623. The van der Waals surface area contributed by atoms with Gasteiger partial charge < -0.3 is 15.1 Å². The first-order valence-electron chi connectivity index (χ1n) is 7.36. The molecular formula is C15H23N3O4. The van der Waals surface area contributed by atoms with Crippen LogP contribution in [0.1, 0.15) is 49.7 Å². The molecule has 122 valence electrons. The van der Waals surface area contributed by atoms with Gasteiger partial charge in [0.1, 0.15) is 0 Å². The molecule has 2 rings (SSSR count). The van der Waals surface area contributed by atoms with Gasteiger partial charge in [-0.1, -0.05) is 0 Å². The van der Waals surface area contributed by atoms with Crippen molar-refractivity contribution < 1.29 is 19.8 Å². The van der Waals surface area contributed by atoms with Crippen LogP contribution in [0.15, 0.2) is 6.20 Å². The molecule has 0 aliphatic carbocycles. The molecule has 0 bridgehead atoms. The number of carboxylic acid groups (broad SMARTS) is 1. The van der Waals surface area contributed by atoms with Crippen LogP contribution in [0, 0.1) is 6.92 Å². The summed E-state index contributed by atoms with van der Waals surface area (Å²) in [7, 11) is 0. The van der Waals surface area contributed by atoms with Crippen molar-refractivity contribution in [3.63, 3.8) is 0 Å². The highest BCUT2D eigenvalue weighted by molar-refractivity contribution is 5.95. The van der Waals surface area contributed by atoms with Crippen molar-refractivity contribution in [2.45, 2.75) is 51.7 Å². The molecule has 1 fully saturated rings. The molecule has 0 aromatic carbocycles. The predicted molar refractivity (Wildman–Crippen MR) is 79.7 cm³/mol. The number of aromatic nitrogens is 2. The van der Waals surface area contributed by atoms with Crippen molar-refractivity contribution in [3.8, 4) is 0 Å². The predicted octanol–water partition coefficient (Wildman–Crippen LogP) is 0.998. The minimum Gasteiger partial charge on any atom is -0.479 e. The maximum atomic E-state index is 12.6. The zero-order valence-corrected chi connectivity index (χ0v) is 13.5. The van der Waals surface area contributed by atoms with Gasteiger partial charge in [-0.15, -0.1) is 0 Å². The van der Waals surface area contributed by atoms with Crippen LogP contribution in [-0.4, -0.2) is 55.5 Å². The second kappa shape index (κ2) is 5.39. The lowest BCUT2D eigenvalue weighted by Crippen LogP contribution is -2.50. The molecule has 7 nitrogen and oxygen atoms in total. The van der Waals surface area contributed by atoms with Crippen LogP contribution in [0.2, 0.25) is 0 Å². The quantitative estimate of drug-likeness (QED) is 0.849. The highest BCUT2D eigenvalue weighted by Gasteiger charge is 2.41. The van der Waals surface area contributed by atoms with Crippen LogP contribution in [-0.2, 0) is 10.3 Å². The fraction of sp³-hybridized carbons (Fsp3) is 0.667. The summed E-state index contributed by atoms with van der Waals surface area (Å²) in [5.74, 6) is -1.39. The number of nitrogens with zero attached hydrogens (tertiary/aromatic N) is 3. The Morgan fingerprint density at radius 1 is 1.27 bits per heavy atom. The Balaban J connectivity index is 2.15. The number of rotatable bonds is 2. The van der Waals surface area contributed by atoms with Gasteiger partial charge in [-0.05, 0) is 27.7 Å². The topological polar surface area (TPSA) is 95.7 Å². The van der Waals surface area contributed by atoms with E-state index in [9.17, 15) is 14.7 Å². The van der Waals surface area contributed by atoms with Gasteiger partial charge in [-0.25, -0.2) is 4.79 Å². The summed E-state index contributed by atoms with van der Waals surface area (Å²) in [6.07, 6.45) is 1.64. The number of likely N-dealkylation sites (tertiary alicyclic amines) is 1. The number of piperidine rings is 1. The lowest BCUT2D eigenvalue weighted by atomic mass is 9.91. The van der Waals surface area contributed by atoms with E-state index >= 15 is 0 Å². The first kappa shape index (κ1) is 16.5. The average molecular weight is 309 g/mol. The van der Waals surface area contributed by atoms with E-state index in [1.807, 2.05) is 27.7 Å². The molecule has 7 heteroatoms. The lowest BCUT2D eigenvalue weighted by Gasteiger charge is -2.35. The van der Waals surface area contributed by atoms with Gasteiger partial charge in [0.2, 0.25) is 0 Å². The molecule has 2 N–H and O–H groups in total. The van der Waals surface area contributed by atoms with Gasteiger partial charge in [0, 0.05) is 31.6 Å². The summed E-state index contributed by atoms with van der Waals surface area (Å²) in [4.78, 5) is 25.2. The molecule has 22 heavy (non-hydrogen) atoms. The van der Waals surface area contributed by atoms with Crippen molar-refractivity contribution in [1.29, 1.82) is 0 Å². The summed E-state index contributed by atoms with van der Waals surface area (Å²) in [6, 6.07) is 0. The van der Waals surface area contributed by atoms with Crippen molar-refractivity contribution in [3.05, 3.63) is 17.5 Å². The highest BCUT2D eigenvalue weighted by atomic mass is 16.4. The summed E-state index contributed by atoms with van der Waals surface area (Å²) < 4.78 is 1.80. The Hall–Kier alpha value is -1.89. The Bertz CT molecular complexity index is 592. The molecule has 1 aromatic rings.